The maximum absolute atomic E-state index is 5.36. The fraction of sp³-hybridized carbons (Fsp3) is 1.00. The Morgan fingerprint density at radius 1 is 1.00 bits per heavy atom. The summed E-state index contributed by atoms with van der Waals surface area (Å²) >= 11 is 0. The van der Waals surface area contributed by atoms with E-state index in [0.717, 1.165) is 26.4 Å². The maximum Gasteiger partial charge on any atom is 0.0701 e. The SMILES string of the molecule is C1CO1.CC(C)COCC(C)C. The van der Waals surface area contributed by atoms with Crippen LogP contribution in [0.3, 0.4) is 0 Å². The highest BCUT2D eigenvalue weighted by atomic mass is 16.6. The van der Waals surface area contributed by atoms with Crippen LogP contribution >= 0.6 is 0 Å². The molecular weight excluding hydrogens is 152 g/mol. The predicted molar refractivity (Wildman–Crippen MR) is 51.3 cm³/mol. The van der Waals surface area contributed by atoms with Crippen molar-refractivity contribution in [3.05, 3.63) is 0 Å². The standard InChI is InChI=1S/C8H18O.C2H4O/c1-7(2)5-9-6-8(3)4;1-2-3-1/h7-8H,5-6H2,1-4H3;1-2H2. The van der Waals surface area contributed by atoms with E-state index in [0.29, 0.717) is 11.8 Å². The van der Waals surface area contributed by atoms with Gasteiger partial charge in [0.15, 0.2) is 0 Å². The Hall–Kier alpha value is -0.0800. The highest BCUT2D eigenvalue weighted by Gasteiger charge is 1.95. The Balaban J connectivity index is 0.000000330. The molecule has 1 heterocycles. The molecule has 1 fully saturated rings. The van der Waals surface area contributed by atoms with Gasteiger partial charge >= 0.3 is 0 Å². The molecule has 0 amide bonds. The summed E-state index contributed by atoms with van der Waals surface area (Å²) in [5.41, 5.74) is 0. The molecule has 0 N–H and O–H groups in total. The van der Waals surface area contributed by atoms with Gasteiger partial charge in [0.05, 0.1) is 13.2 Å². The first-order valence-electron chi connectivity index (χ1n) is 4.78. The number of epoxide rings is 1. The van der Waals surface area contributed by atoms with Crippen LogP contribution in [-0.4, -0.2) is 26.4 Å². The molecule has 0 bridgehead atoms. The first-order chi connectivity index (χ1) is 5.63. The van der Waals surface area contributed by atoms with Crippen molar-refractivity contribution >= 4 is 0 Å². The van der Waals surface area contributed by atoms with E-state index in [-0.39, 0.29) is 0 Å². The van der Waals surface area contributed by atoms with Gasteiger partial charge in [-0.05, 0) is 11.8 Å². The second kappa shape index (κ2) is 7.56. The summed E-state index contributed by atoms with van der Waals surface area (Å²) in [6, 6.07) is 0. The molecule has 0 aromatic carbocycles. The second-order valence-corrected chi connectivity index (χ2v) is 3.94. The van der Waals surface area contributed by atoms with Crippen molar-refractivity contribution in [1.82, 2.24) is 0 Å². The van der Waals surface area contributed by atoms with Crippen LogP contribution in [0.1, 0.15) is 27.7 Å². The average molecular weight is 174 g/mol. The summed E-state index contributed by atoms with van der Waals surface area (Å²) < 4.78 is 9.86. The zero-order chi connectivity index (χ0) is 9.40. The van der Waals surface area contributed by atoms with Crippen LogP contribution in [0.4, 0.5) is 0 Å². The Kier molecular flexibility index (Phi) is 7.51. The molecule has 12 heavy (non-hydrogen) atoms. The molecule has 1 saturated heterocycles. The van der Waals surface area contributed by atoms with Gasteiger partial charge in [-0.25, -0.2) is 0 Å². The van der Waals surface area contributed by atoms with Crippen molar-refractivity contribution in [2.45, 2.75) is 27.7 Å². The van der Waals surface area contributed by atoms with E-state index in [1.165, 1.54) is 0 Å². The summed E-state index contributed by atoms with van der Waals surface area (Å²) in [4.78, 5) is 0. The summed E-state index contributed by atoms with van der Waals surface area (Å²) in [7, 11) is 0. The third-order valence-corrected chi connectivity index (χ3v) is 1.11. The Morgan fingerprint density at radius 3 is 1.50 bits per heavy atom. The lowest BCUT2D eigenvalue weighted by atomic mass is 10.2. The lowest BCUT2D eigenvalue weighted by Crippen LogP contribution is -2.06. The van der Waals surface area contributed by atoms with Gasteiger partial charge in [0, 0.05) is 13.2 Å². The van der Waals surface area contributed by atoms with E-state index >= 15 is 0 Å². The molecule has 0 unspecified atom stereocenters. The quantitative estimate of drug-likeness (QED) is 0.610. The molecule has 1 rings (SSSR count). The first kappa shape index (κ1) is 11.9. The third-order valence-electron chi connectivity index (χ3n) is 1.11. The van der Waals surface area contributed by atoms with Gasteiger partial charge in [-0.1, -0.05) is 27.7 Å². The topological polar surface area (TPSA) is 21.8 Å². The second-order valence-electron chi connectivity index (χ2n) is 3.94. The van der Waals surface area contributed by atoms with Crippen LogP contribution in [0.5, 0.6) is 0 Å². The molecule has 0 aliphatic carbocycles. The van der Waals surface area contributed by atoms with Crippen LogP contribution in [0.2, 0.25) is 0 Å². The molecular formula is C10H22O2. The lowest BCUT2D eigenvalue weighted by Gasteiger charge is -2.07. The molecule has 0 radical (unpaired) electrons. The number of hydrogen-bond donors (Lipinski definition) is 0. The van der Waals surface area contributed by atoms with Crippen molar-refractivity contribution in [2.75, 3.05) is 26.4 Å². The Labute approximate surface area is 76.3 Å². The summed E-state index contributed by atoms with van der Waals surface area (Å²) in [5.74, 6) is 1.34. The molecule has 74 valence electrons. The third kappa shape index (κ3) is 16.5. The molecule has 0 saturated carbocycles. The van der Waals surface area contributed by atoms with Gasteiger partial charge in [0.25, 0.3) is 0 Å². The largest absolute Gasteiger partial charge is 0.381 e. The predicted octanol–water partition coefficient (Wildman–Crippen LogP) is 2.33. The minimum absolute atomic E-state index is 0.670. The molecule has 2 nitrogen and oxygen atoms in total. The molecule has 0 atom stereocenters. The van der Waals surface area contributed by atoms with Gasteiger partial charge in [-0.15, -0.1) is 0 Å². The van der Waals surface area contributed by atoms with Gasteiger partial charge < -0.3 is 9.47 Å². The molecule has 0 spiro atoms. The molecule has 1 aliphatic rings. The van der Waals surface area contributed by atoms with Gasteiger partial charge in [-0.2, -0.15) is 0 Å². The van der Waals surface area contributed by atoms with Crippen LogP contribution in [0.25, 0.3) is 0 Å². The minimum Gasteiger partial charge on any atom is -0.381 e. The minimum atomic E-state index is 0.670. The highest BCUT2D eigenvalue weighted by Crippen LogP contribution is 1.96. The van der Waals surface area contributed by atoms with E-state index in [1.54, 1.807) is 0 Å². The zero-order valence-electron chi connectivity index (χ0n) is 8.80. The molecule has 1 aliphatic heterocycles. The van der Waals surface area contributed by atoms with Crippen molar-refractivity contribution in [3.8, 4) is 0 Å². The van der Waals surface area contributed by atoms with Crippen LogP contribution in [0, 0.1) is 11.8 Å². The highest BCUT2D eigenvalue weighted by molar-refractivity contribution is 4.42. The van der Waals surface area contributed by atoms with Crippen molar-refractivity contribution in [2.24, 2.45) is 11.8 Å². The number of ether oxygens (including phenoxy) is 2. The van der Waals surface area contributed by atoms with E-state index in [4.69, 9.17) is 4.74 Å². The van der Waals surface area contributed by atoms with E-state index in [1.807, 2.05) is 0 Å². The number of rotatable bonds is 4. The fourth-order valence-electron chi connectivity index (χ4n) is 0.539. The van der Waals surface area contributed by atoms with Crippen molar-refractivity contribution in [3.63, 3.8) is 0 Å². The van der Waals surface area contributed by atoms with Gasteiger partial charge in [0.1, 0.15) is 0 Å². The Bertz CT molecular complexity index is 77.1. The first-order valence-corrected chi connectivity index (χ1v) is 4.78. The normalized spacial score (nSPS) is 14.5. The lowest BCUT2D eigenvalue weighted by molar-refractivity contribution is 0.0886. The van der Waals surface area contributed by atoms with E-state index in [2.05, 4.69) is 32.4 Å². The van der Waals surface area contributed by atoms with Crippen LogP contribution in [-0.2, 0) is 9.47 Å². The summed E-state index contributed by atoms with van der Waals surface area (Å²) in [5, 5.41) is 0. The summed E-state index contributed by atoms with van der Waals surface area (Å²) in [6.45, 7) is 12.5. The average Bonchev–Trinajstić information content (AvgIpc) is 2.68. The molecule has 0 aromatic rings. The van der Waals surface area contributed by atoms with Gasteiger partial charge in [0.2, 0.25) is 0 Å². The van der Waals surface area contributed by atoms with E-state index < -0.39 is 0 Å². The van der Waals surface area contributed by atoms with Crippen molar-refractivity contribution in [1.29, 1.82) is 0 Å². The van der Waals surface area contributed by atoms with Crippen LogP contribution < -0.4 is 0 Å². The Morgan fingerprint density at radius 2 is 1.33 bits per heavy atom. The number of hydrogen-bond acceptors (Lipinski definition) is 2. The zero-order valence-corrected chi connectivity index (χ0v) is 8.80. The van der Waals surface area contributed by atoms with Crippen molar-refractivity contribution < 1.29 is 9.47 Å². The molecule has 2 heteroatoms. The smallest absolute Gasteiger partial charge is 0.0701 e. The van der Waals surface area contributed by atoms with Crippen LogP contribution in [0.15, 0.2) is 0 Å². The van der Waals surface area contributed by atoms with E-state index in [9.17, 15) is 0 Å². The fourth-order valence-corrected chi connectivity index (χ4v) is 0.539. The van der Waals surface area contributed by atoms with Gasteiger partial charge in [-0.3, -0.25) is 0 Å². The summed E-state index contributed by atoms with van der Waals surface area (Å²) in [6.07, 6.45) is 0. The maximum atomic E-state index is 5.36. The monoisotopic (exact) mass is 174 g/mol. The molecule has 0 aromatic heterocycles.